The first-order valence-corrected chi connectivity index (χ1v) is 10.5. The maximum absolute atomic E-state index is 12.6. The van der Waals surface area contributed by atoms with Crippen LogP contribution in [0.2, 0.25) is 0 Å². The van der Waals surface area contributed by atoms with E-state index in [1.165, 1.54) is 4.57 Å². The number of nitrogens with zero attached hydrogens (tertiary/aromatic N) is 4. The van der Waals surface area contributed by atoms with Crippen molar-refractivity contribution in [3.8, 4) is 0 Å². The second-order valence-electron chi connectivity index (χ2n) is 6.92. The number of ether oxygens (including phenoxy) is 2. The molecule has 3 N–H and O–H groups in total. The zero-order valence-electron chi connectivity index (χ0n) is 16.6. The van der Waals surface area contributed by atoms with E-state index < -0.39 is 30.0 Å². The van der Waals surface area contributed by atoms with E-state index in [1.54, 1.807) is 24.3 Å². The molecule has 3 atom stereocenters. The number of nitrogens with two attached hydrogens (primary N) is 1. The minimum absolute atomic E-state index is 0.107. The lowest BCUT2D eigenvalue weighted by Gasteiger charge is -2.23. The number of benzene rings is 1. The van der Waals surface area contributed by atoms with Crippen molar-refractivity contribution < 1.29 is 14.3 Å². The van der Waals surface area contributed by atoms with Crippen molar-refractivity contribution in [3.05, 3.63) is 55.9 Å². The largest absolute Gasteiger partial charge is 0.456 e. The predicted molar refractivity (Wildman–Crippen MR) is 112 cm³/mol. The number of rotatable bonds is 6. The Morgan fingerprint density at radius 3 is 2.87 bits per heavy atom. The van der Waals surface area contributed by atoms with E-state index in [4.69, 9.17) is 15.3 Å². The summed E-state index contributed by atoms with van der Waals surface area (Å²) in [5.41, 5.74) is 0.104. The first kappa shape index (κ1) is 20.9. The van der Waals surface area contributed by atoms with Crippen molar-refractivity contribution >= 4 is 33.6 Å². The molecule has 2 aromatic heterocycles. The number of aromatic amines is 1. The van der Waals surface area contributed by atoms with Gasteiger partial charge < -0.3 is 15.3 Å². The molecule has 1 fully saturated rings. The molecule has 0 aliphatic carbocycles. The van der Waals surface area contributed by atoms with Crippen LogP contribution >= 0.6 is 11.3 Å². The number of thiazole rings is 1. The third kappa shape index (κ3) is 4.11. The summed E-state index contributed by atoms with van der Waals surface area (Å²) >= 11 is 0.775. The highest BCUT2D eigenvalue weighted by molar-refractivity contribution is 7.16. The molecule has 3 heterocycles. The molecule has 1 unspecified atom stereocenters. The first-order chi connectivity index (χ1) is 15.0. The third-order valence-electron chi connectivity index (χ3n) is 5.02. The summed E-state index contributed by atoms with van der Waals surface area (Å²) in [7, 11) is 0. The normalized spacial score (nSPS) is 19.8. The lowest BCUT2D eigenvalue weighted by Crippen LogP contribution is -2.31. The highest BCUT2D eigenvalue weighted by Gasteiger charge is 2.36. The molecule has 1 aliphatic rings. The van der Waals surface area contributed by atoms with Gasteiger partial charge in [0.1, 0.15) is 17.0 Å². The van der Waals surface area contributed by atoms with Gasteiger partial charge in [0, 0.05) is 0 Å². The maximum Gasteiger partial charge on any atom is 0.338 e. The summed E-state index contributed by atoms with van der Waals surface area (Å²) in [6.07, 6.45) is 0.110. The molecule has 1 aliphatic heterocycles. The number of nitrogens with one attached hydrogen (secondary N) is 1. The fourth-order valence-electron chi connectivity index (χ4n) is 3.58. The zero-order chi connectivity index (χ0) is 22.0. The summed E-state index contributed by atoms with van der Waals surface area (Å²) < 4.78 is 13.2. The molecule has 3 aromatic rings. The monoisotopic (exact) mass is 444 g/mol. The van der Waals surface area contributed by atoms with Crippen LogP contribution in [0.5, 0.6) is 0 Å². The minimum Gasteiger partial charge on any atom is -0.456 e. The number of H-pyrrole nitrogens is 1. The Bertz CT molecular complexity index is 1230. The average molecular weight is 444 g/mol. The Labute approximate surface area is 179 Å². The fourth-order valence-corrected chi connectivity index (χ4v) is 4.44. The fraction of sp³-hybridized carbons (Fsp3) is 0.368. The van der Waals surface area contributed by atoms with Crippen molar-refractivity contribution in [2.24, 2.45) is 16.2 Å². The van der Waals surface area contributed by atoms with E-state index in [2.05, 4.69) is 20.3 Å². The van der Waals surface area contributed by atoms with E-state index in [9.17, 15) is 14.4 Å². The molecule has 31 heavy (non-hydrogen) atoms. The van der Waals surface area contributed by atoms with Gasteiger partial charge in [0.2, 0.25) is 0 Å². The smallest absolute Gasteiger partial charge is 0.338 e. The molecule has 162 valence electrons. The van der Waals surface area contributed by atoms with Crippen LogP contribution in [0.25, 0.3) is 10.3 Å². The summed E-state index contributed by atoms with van der Waals surface area (Å²) in [6, 6.07) is 8.72. The Morgan fingerprint density at radius 2 is 2.16 bits per heavy atom. The molecule has 0 spiro atoms. The van der Waals surface area contributed by atoms with Crippen LogP contribution in [-0.2, 0) is 9.47 Å². The van der Waals surface area contributed by atoms with Gasteiger partial charge in [-0.15, -0.1) is 0 Å². The third-order valence-corrected chi connectivity index (χ3v) is 5.96. The Morgan fingerprint density at radius 1 is 1.39 bits per heavy atom. The number of fused-ring (bicyclic) bond motifs is 1. The van der Waals surface area contributed by atoms with Crippen molar-refractivity contribution in [2.75, 3.05) is 0 Å². The number of aromatic nitrogens is 3. The zero-order valence-corrected chi connectivity index (χ0v) is 17.4. The quantitative estimate of drug-likeness (QED) is 0.256. The standard InChI is InChI=1S/C19H20N6O5S/c1-2-11(30-17(27)10-6-4-3-5-7-10)12-8-9-13(29-12)25-15-14(31-19(25)28)16(26)22-18(21-15)23-24-20/h3-7,11-13H,2,8-9H2,1H3,(H3,20,21,22,23,26)/t11?,12-,13+/m0/s1. The molecule has 4 rings (SSSR count). The van der Waals surface area contributed by atoms with Crippen LogP contribution in [0.1, 0.15) is 42.8 Å². The van der Waals surface area contributed by atoms with Crippen LogP contribution in [0, 0.1) is 0 Å². The molecule has 11 nitrogen and oxygen atoms in total. The van der Waals surface area contributed by atoms with Crippen LogP contribution in [0.3, 0.4) is 0 Å². The topological polar surface area (TPSA) is 154 Å². The highest BCUT2D eigenvalue weighted by Crippen LogP contribution is 2.33. The molecule has 0 bridgehead atoms. The van der Waals surface area contributed by atoms with Crippen LogP contribution in [0.4, 0.5) is 5.95 Å². The lowest BCUT2D eigenvalue weighted by molar-refractivity contribution is -0.0691. The Hall–Kier alpha value is -3.38. The second-order valence-corrected chi connectivity index (χ2v) is 7.88. The Balaban J connectivity index is 1.57. The molecule has 0 amide bonds. The number of hydrogen-bond acceptors (Lipinski definition) is 9. The van der Waals surface area contributed by atoms with Crippen LogP contribution in [0.15, 0.2) is 50.3 Å². The van der Waals surface area contributed by atoms with Gasteiger partial charge in [0.15, 0.2) is 5.65 Å². The van der Waals surface area contributed by atoms with Crippen molar-refractivity contribution in [3.63, 3.8) is 0 Å². The molecule has 1 aromatic carbocycles. The molecule has 1 saturated heterocycles. The number of esters is 1. The van der Waals surface area contributed by atoms with Gasteiger partial charge in [-0.3, -0.25) is 19.1 Å². The average Bonchev–Trinajstić information content (AvgIpc) is 3.37. The van der Waals surface area contributed by atoms with Gasteiger partial charge in [0.05, 0.1) is 11.7 Å². The van der Waals surface area contributed by atoms with E-state index in [1.807, 2.05) is 13.0 Å². The van der Waals surface area contributed by atoms with Gasteiger partial charge >= 0.3 is 10.8 Å². The van der Waals surface area contributed by atoms with Gasteiger partial charge in [-0.2, -0.15) is 4.98 Å². The molecule has 0 radical (unpaired) electrons. The number of carbonyl (C=O) groups is 1. The van der Waals surface area contributed by atoms with E-state index >= 15 is 0 Å². The van der Waals surface area contributed by atoms with Crippen molar-refractivity contribution in [2.45, 2.75) is 44.6 Å². The lowest BCUT2D eigenvalue weighted by atomic mass is 10.1. The van der Waals surface area contributed by atoms with Crippen LogP contribution < -0.4 is 16.3 Å². The van der Waals surface area contributed by atoms with Crippen molar-refractivity contribution in [1.82, 2.24) is 14.5 Å². The van der Waals surface area contributed by atoms with E-state index in [0.717, 1.165) is 11.3 Å². The second kappa shape index (κ2) is 8.78. The maximum atomic E-state index is 12.6. The van der Waals surface area contributed by atoms with Crippen molar-refractivity contribution in [1.29, 1.82) is 0 Å². The first-order valence-electron chi connectivity index (χ1n) is 9.69. The van der Waals surface area contributed by atoms with E-state index in [0.29, 0.717) is 24.8 Å². The van der Waals surface area contributed by atoms with Crippen LogP contribution in [-0.4, -0.2) is 32.7 Å². The Kier molecular flexibility index (Phi) is 5.91. The van der Waals surface area contributed by atoms with Gasteiger partial charge in [-0.25, -0.2) is 4.79 Å². The highest BCUT2D eigenvalue weighted by atomic mass is 32.1. The summed E-state index contributed by atoms with van der Waals surface area (Å²) in [6.45, 7) is 1.90. The van der Waals surface area contributed by atoms with Gasteiger partial charge in [0.25, 0.3) is 11.5 Å². The molecular formula is C19H20N6O5S. The summed E-state index contributed by atoms with van der Waals surface area (Å²) in [4.78, 5) is 43.5. The summed E-state index contributed by atoms with van der Waals surface area (Å²) in [5, 5.41) is 6.65. The molecule has 12 heteroatoms. The summed E-state index contributed by atoms with van der Waals surface area (Å²) in [5.74, 6) is 4.50. The minimum atomic E-state index is -0.646. The van der Waals surface area contributed by atoms with Gasteiger partial charge in [-0.05, 0) is 31.4 Å². The SMILES string of the molecule is CCC(OC(=O)c1ccccc1)[C@@H]1CC[C@H](n2c(=O)sc3c(=O)[nH]c(N=NN)nc32)O1. The number of carbonyl (C=O) groups excluding carboxylic acids is 1. The van der Waals surface area contributed by atoms with E-state index in [-0.39, 0.29) is 21.2 Å². The molecule has 0 saturated carbocycles. The number of hydrogen-bond donors (Lipinski definition) is 2. The molecular weight excluding hydrogens is 424 g/mol. The van der Waals surface area contributed by atoms with Gasteiger partial charge in [-0.1, -0.05) is 46.8 Å². The predicted octanol–water partition coefficient (Wildman–Crippen LogP) is 2.42.